The second-order valence-electron chi connectivity index (χ2n) is 10.5. The smallest absolute Gasteiger partial charge is 0.196 e. The highest BCUT2D eigenvalue weighted by atomic mass is 15.1. The Balaban J connectivity index is 1.44. The van der Waals surface area contributed by atoms with Gasteiger partial charge in [-0.25, -0.2) is 34.9 Å². The summed E-state index contributed by atoms with van der Waals surface area (Å²) >= 11 is 0. The summed E-state index contributed by atoms with van der Waals surface area (Å²) in [6.45, 7) is 14.8. The molecule has 7 rings (SSSR count). The number of aromatic nitrogens is 3. The fourth-order valence-electron chi connectivity index (χ4n) is 5.15. The van der Waals surface area contributed by atoms with Gasteiger partial charge in [-0.3, -0.25) is 9.69 Å². The van der Waals surface area contributed by atoms with Crippen LogP contribution < -0.4 is 21.4 Å². The van der Waals surface area contributed by atoms with E-state index in [1.165, 1.54) is 24.3 Å². The van der Waals surface area contributed by atoms with Gasteiger partial charge in [-0.15, -0.1) is 0 Å². The van der Waals surface area contributed by atoms with E-state index in [1.54, 1.807) is 12.1 Å². The molecule has 4 aromatic carbocycles. The quantitative estimate of drug-likeness (QED) is 0.206. The van der Waals surface area contributed by atoms with Gasteiger partial charge in [0.05, 0.1) is 45.7 Å². The second kappa shape index (κ2) is 12.4. The van der Waals surface area contributed by atoms with E-state index >= 15 is 0 Å². The molecule has 0 unspecified atom stereocenters. The Morgan fingerprint density at radius 3 is 1.36 bits per heavy atom. The highest BCUT2D eigenvalue weighted by Gasteiger charge is 2.23. The van der Waals surface area contributed by atoms with E-state index in [4.69, 9.17) is 13.1 Å². The van der Waals surface area contributed by atoms with Crippen molar-refractivity contribution in [3.8, 4) is 46.8 Å². The van der Waals surface area contributed by atoms with Gasteiger partial charge in [0.1, 0.15) is 35.4 Å². The molecular weight excluding hydrogens is 626 g/mol. The lowest BCUT2D eigenvalue weighted by Gasteiger charge is -2.08. The van der Waals surface area contributed by atoms with Crippen molar-refractivity contribution < 1.29 is 0 Å². The molecule has 0 fully saturated rings. The minimum Gasteiger partial charge on any atom is -0.250 e. The Morgan fingerprint density at radius 2 is 0.940 bits per heavy atom. The van der Waals surface area contributed by atoms with Crippen LogP contribution in [0.5, 0.6) is 0 Å². The van der Waals surface area contributed by atoms with E-state index in [-0.39, 0.29) is 73.5 Å². The number of rotatable bonds is 4. The topological polar surface area (TPSA) is 192 Å². The largest absolute Gasteiger partial charge is 0.250 e. The number of benzene rings is 4. The number of fused-ring (bicyclic) bond motifs is 2. The molecule has 0 saturated heterocycles. The van der Waals surface area contributed by atoms with Gasteiger partial charge in [0, 0.05) is 5.56 Å². The van der Waals surface area contributed by atoms with Gasteiger partial charge in [-0.1, -0.05) is 54.6 Å². The number of nitrogens with zero attached hydrogens (tertiary/aromatic N) is 13. The lowest BCUT2D eigenvalue weighted by atomic mass is 10.0. The Labute approximate surface area is 282 Å². The van der Waals surface area contributed by atoms with Crippen LogP contribution >= 0.6 is 0 Å². The third-order valence-electron chi connectivity index (χ3n) is 7.58. The second-order valence-corrected chi connectivity index (χ2v) is 10.5. The van der Waals surface area contributed by atoms with Crippen LogP contribution in [0.1, 0.15) is 22.8 Å². The van der Waals surface area contributed by atoms with Crippen molar-refractivity contribution in [2.24, 2.45) is 20.0 Å². The number of allylic oxidation sites excluding steroid dienone is 2. The van der Waals surface area contributed by atoms with Gasteiger partial charge in [-0.05, 0) is 35.4 Å². The first-order valence-electron chi connectivity index (χ1n) is 14.5. The molecule has 0 spiro atoms. The third kappa shape index (κ3) is 5.26. The molecule has 0 atom stereocenters. The average molecular weight is 640 g/mol. The van der Waals surface area contributed by atoms with E-state index in [0.29, 0.717) is 16.3 Å². The van der Waals surface area contributed by atoms with E-state index < -0.39 is 0 Å². The molecule has 0 bridgehead atoms. The summed E-state index contributed by atoms with van der Waals surface area (Å²) < 4.78 is 0. The molecule has 0 aliphatic carbocycles. The fourth-order valence-corrected chi connectivity index (χ4v) is 5.15. The molecule has 0 radical (unpaired) electrons. The van der Waals surface area contributed by atoms with Gasteiger partial charge in [0.25, 0.3) is 0 Å². The maximum absolute atomic E-state index is 10.4. The van der Waals surface area contributed by atoms with Crippen LogP contribution in [-0.2, 0) is 0 Å². The molecule has 5 aromatic rings. The van der Waals surface area contributed by atoms with Crippen LogP contribution in [0.2, 0.25) is 0 Å². The molecule has 0 saturated carbocycles. The molecule has 1 aromatic heterocycles. The summed E-state index contributed by atoms with van der Waals surface area (Å²) in [5.74, 6) is -0.277. The molecule has 13 nitrogen and oxygen atoms in total. The molecule has 13 heteroatoms. The van der Waals surface area contributed by atoms with Crippen molar-refractivity contribution in [1.29, 1.82) is 21.0 Å². The zero-order valence-electron chi connectivity index (χ0n) is 25.3. The van der Waals surface area contributed by atoms with Crippen molar-refractivity contribution in [1.82, 2.24) is 15.0 Å². The van der Waals surface area contributed by atoms with Crippen LogP contribution in [-0.4, -0.2) is 15.0 Å². The first-order valence-corrected chi connectivity index (χ1v) is 14.5. The molecule has 0 amide bonds. The lowest BCUT2D eigenvalue weighted by molar-refractivity contribution is 0.993. The van der Waals surface area contributed by atoms with Crippen LogP contribution in [0.3, 0.4) is 0 Å². The zero-order valence-corrected chi connectivity index (χ0v) is 25.3. The van der Waals surface area contributed by atoms with Gasteiger partial charge >= 0.3 is 0 Å². The van der Waals surface area contributed by atoms with Crippen LogP contribution in [0.4, 0.5) is 11.4 Å². The Bertz CT molecular complexity index is 2650. The molecule has 2 aliphatic rings. The Kier molecular flexibility index (Phi) is 7.46. The standard InChI is InChI=1S/C37H13N13/c1-42-27-14-31-32(15-28(27)43-2)47-35(46-31)26(19-41)37-49-33(22-10-8-21(9-11-22)20-6-4-3-5-7-20)48-36(50-37)25(18-40)34-44-29-12-23(16-38)24(17-39)13-30(29)45-34/h3-15H. The fraction of sp³-hybridized carbons (Fsp3) is 0. The van der Waals surface area contributed by atoms with Gasteiger partial charge in [-0.2, -0.15) is 21.0 Å². The maximum atomic E-state index is 10.4. The minimum atomic E-state index is -0.154. The zero-order chi connectivity index (χ0) is 34.8. The summed E-state index contributed by atoms with van der Waals surface area (Å²) in [7, 11) is 0. The molecule has 226 valence electrons. The van der Waals surface area contributed by atoms with Crippen molar-refractivity contribution in [2.45, 2.75) is 0 Å². The molecule has 3 heterocycles. The highest BCUT2D eigenvalue weighted by molar-refractivity contribution is 5.80. The molecule has 50 heavy (non-hydrogen) atoms. The summed E-state index contributed by atoms with van der Waals surface area (Å²) in [5, 5.41) is 40.8. The van der Waals surface area contributed by atoms with Crippen molar-refractivity contribution >= 4 is 22.5 Å². The van der Waals surface area contributed by atoms with Crippen LogP contribution in [0.15, 0.2) is 110 Å². The summed E-state index contributed by atoms with van der Waals surface area (Å²) in [6.07, 6.45) is 0. The molecular formula is C37H13N13. The van der Waals surface area contributed by atoms with E-state index in [2.05, 4.69) is 56.8 Å². The molecule has 0 N–H and O–H groups in total. The SMILES string of the molecule is [C-]#[N+]c1cc2c(cc1[N+]#[C-])=NC(=C(C#N)c1nc(C(C#N)=C3N=c4cc(C#N)c(C#N)cc4=N3)nc(-c3ccc(-c4ccccc4)cc3)n1)N=2. The number of nitriles is 4. The predicted octanol–water partition coefficient (Wildman–Crippen LogP) is 4.34. The van der Waals surface area contributed by atoms with Crippen molar-refractivity contribution in [2.75, 3.05) is 0 Å². The molecule has 2 aliphatic heterocycles. The van der Waals surface area contributed by atoms with Gasteiger partial charge in [0.15, 0.2) is 40.5 Å². The summed E-state index contributed by atoms with van der Waals surface area (Å²) in [4.78, 5) is 38.2. The van der Waals surface area contributed by atoms with Crippen molar-refractivity contribution in [3.63, 3.8) is 0 Å². The van der Waals surface area contributed by atoms with Crippen molar-refractivity contribution in [3.05, 3.63) is 158 Å². The highest BCUT2D eigenvalue weighted by Crippen LogP contribution is 2.29. The first-order chi connectivity index (χ1) is 24.5. The number of hydrogen-bond acceptors (Lipinski definition) is 11. The van der Waals surface area contributed by atoms with E-state index in [0.717, 1.165) is 11.1 Å². The van der Waals surface area contributed by atoms with Crippen LogP contribution in [0, 0.1) is 58.5 Å². The average Bonchev–Trinajstić information content (AvgIpc) is 3.77. The van der Waals surface area contributed by atoms with Gasteiger partial charge < -0.3 is 0 Å². The number of hydrogen-bond donors (Lipinski definition) is 0. The van der Waals surface area contributed by atoms with E-state index in [1.807, 2.05) is 54.6 Å². The summed E-state index contributed by atoms with van der Waals surface area (Å²) in [5.41, 5.74) is 2.60. The van der Waals surface area contributed by atoms with Crippen LogP contribution in [0.25, 0.3) is 43.4 Å². The first kappa shape index (κ1) is 30.2. The Hall–Kier alpha value is -8.49. The third-order valence-corrected chi connectivity index (χ3v) is 7.58. The monoisotopic (exact) mass is 639 g/mol. The van der Waals surface area contributed by atoms with Gasteiger partial charge in [0.2, 0.25) is 0 Å². The Morgan fingerprint density at radius 1 is 0.520 bits per heavy atom. The minimum absolute atomic E-state index is 0.0510. The van der Waals surface area contributed by atoms with E-state index in [9.17, 15) is 21.0 Å². The lowest BCUT2D eigenvalue weighted by Crippen LogP contribution is -2.22. The predicted molar refractivity (Wildman–Crippen MR) is 175 cm³/mol. The maximum Gasteiger partial charge on any atom is 0.196 e. The normalized spacial score (nSPS) is 11.6. The summed E-state index contributed by atoms with van der Waals surface area (Å²) in [6, 6.07) is 30.8.